The normalized spacial score (nSPS) is 11.4. The van der Waals surface area contributed by atoms with Crippen molar-refractivity contribution >= 4 is 15.7 Å². The van der Waals surface area contributed by atoms with Crippen molar-refractivity contribution in [2.75, 3.05) is 17.1 Å². The van der Waals surface area contributed by atoms with E-state index in [0.717, 1.165) is 5.69 Å². The predicted molar refractivity (Wildman–Crippen MR) is 86.8 cm³/mol. The van der Waals surface area contributed by atoms with Gasteiger partial charge in [-0.15, -0.1) is 0 Å². The highest BCUT2D eigenvalue weighted by Gasteiger charge is 2.11. The first kappa shape index (κ1) is 17.0. The molecule has 0 unspecified atom stereocenters. The van der Waals surface area contributed by atoms with Crippen LogP contribution in [-0.4, -0.2) is 36.7 Å². The second-order valence-corrected chi connectivity index (χ2v) is 7.01. The molecule has 1 aromatic heterocycles. The molecule has 0 saturated heterocycles. The van der Waals surface area contributed by atoms with Gasteiger partial charge in [0.05, 0.1) is 35.9 Å². The first-order chi connectivity index (χ1) is 10.9. The molecule has 0 atom stereocenters. The van der Waals surface area contributed by atoms with Gasteiger partial charge in [0.1, 0.15) is 6.07 Å². The lowest BCUT2D eigenvalue weighted by Gasteiger charge is -2.10. The van der Waals surface area contributed by atoms with Crippen LogP contribution in [0.2, 0.25) is 0 Å². The molecule has 7 nitrogen and oxygen atoms in total. The van der Waals surface area contributed by atoms with Gasteiger partial charge in [-0.1, -0.05) is 0 Å². The van der Waals surface area contributed by atoms with Gasteiger partial charge < -0.3 is 4.74 Å². The summed E-state index contributed by atoms with van der Waals surface area (Å²) in [6.07, 6.45) is 3.06. The third kappa shape index (κ3) is 5.09. The smallest absolute Gasteiger partial charge is 0.234 e. The summed E-state index contributed by atoms with van der Waals surface area (Å²) in [6, 6.07) is 8.72. The lowest BCUT2D eigenvalue weighted by atomic mass is 10.3. The molecule has 2 aromatic rings. The first-order valence-electron chi connectivity index (χ1n) is 7.07. The number of rotatable bonds is 7. The highest BCUT2D eigenvalue weighted by molar-refractivity contribution is 7.92. The minimum absolute atomic E-state index is 0.00291. The molecule has 0 bridgehead atoms. The van der Waals surface area contributed by atoms with Crippen LogP contribution in [0.1, 0.15) is 19.4 Å². The van der Waals surface area contributed by atoms with Crippen LogP contribution in [0.4, 0.5) is 5.69 Å². The minimum Gasteiger partial charge on any atom is -0.378 e. The second-order valence-electron chi connectivity index (χ2n) is 5.17. The lowest BCUT2D eigenvalue weighted by Crippen LogP contribution is -2.21. The monoisotopic (exact) mass is 334 g/mol. The average Bonchev–Trinajstić information content (AvgIpc) is 2.96. The van der Waals surface area contributed by atoms with Gasteiger partial charge in [-0.2, -0.15) is 10.4 Å². The number of ether oxygens (including phenoxy) is 1. The summed E-state index contributed by atoms with van der Waals surface area (Å²) in [6.45, 7) is 3.85. The van der Waals surface area contributed by atoms with E-state index in [-0.39, 0.29) is 18.5 Å². The zero-order valence-electron chi connectivity index (χ0n) is 12.9. The number of hydrogen-bond donors (Lipinski definition) is 1. The minimum atomic E-state index is -3.45. The summed E-state index contributed by atoms with van der Waals surface area (Å²) in [7, 11) is -3.45. The van der Waals surface area contributed by atoms with Crippen molar-refractivity contribution in [2.24, 2.45) is 0 Å². The average molecular weight is 334 g/mol. The molecular formula is C15H18N4O3S. The van der Waals surface area contributed by atoms with Gasteiger partial charge >= 0.3 is 0 Å². The van der Waals surface area contributed by atoms with Gasteiger partial charge in [0.2, 0.25) is 10.0 Å². The Morgan fingerprint density at radius 2 is 2.04 bits per heavy atom. The molecule has 1 aromatic carbocycles. The number of anilines is 1. The predicted octanol–water partition coefficient (Wildman–Crippen LogP) is 1.91. The summed E-state index contributed by atoms with van der Waals surface area (Å²) in [5.74, 6) is -0.0996. The van der Waals surface area contributed by atoms with Crippen LogP contribution in [0.15, 0.2) is 36.7 Å². The Morgan fingerprint density at radius 1 is 1.35 bits per heavy atom. The largest absolute Gasteiger partial charge is 0.378 e. The van der Waals surface area contributed by atoms with E-state index in [1.165, 1.54) is 6.20 Å². The maximum absolute atomic E-state index is 11.9. The molecule has 0 amide bonds. The molecule has 23 heavy (non-hydrogen) atoms. The quantitative estimate of drug-likeness (QED) is 0.834. The number of benzene rings is 1. The van der Waals surface area contributed by atoms with Gasteiger partial charge in [0, 0.05) is 11.9 Å². The van der Waals surface area contributed by atoms with E-state index in [1.54, 1.807) is 35.1 Å². The molecule has 1 N–H and O–H groups in total. The van der Waals surface area contributed by atoms with Crippen LogP contribution in [0.25, 0.3) is 5.69 Å². The number of hydrogen-bond acceptors (Lipinski definition) is 5. The number of nitrogens with zero attached hydrogens (tertiary/aromatic N) is 3. The molecule has 0 fully saturated rings. The molecule has 2 rings (SSSR count). The molecule has 0 aliphatic carbocycles. The Morgan fingerprint density at radius 3 is 2.61 bits per heavy atom. The van der Waals surface area contributed by atoms with Crippen LogP contribution in [0, 0.1) is 11.3 Å². The van der Waals surface area contributed by atoms with Crippen LogP contribution in [-0.2, 0) is 14.8 Å². The molecule has 0 saturated carbocycles. The van der Waals surface area contributed by atoms with Gasteiger partial charge in [0.25, 0.3) is 0 Å². The zero-order chi connectivity index (χ0) is 16.9. The van der Waals surface area contributed by atoms with E-state index in [2.05, 4.69) is 9.82 Å². The van der Waals surface area contributed by atoms with Crippen LogP contribution >= 0.6 is 0 Å². The van der Waals surface area contributed by atoms with Crippen LogP contribution in [0.5, 0.6) is 0 Å². The summed E-state index contributed by atoms with van der Waals surface area (Å²) in [4.78, 5) is 0. The molecule has 0 aliphatic heterocycles. The summed E-state index contributed by atoms with van der Waals surface area (Å²) >= 11 is 0. The Kier molecular flexibility index (Phi) is 5.36. The van der Waals surface area contributed by atoms with E-state index >= 15 is 0 Å². The third-order valence-corrected chi connectivity index (χ3v) is 4.17. The van der Waals surface area contributed by atoms with Crippen molar-refractivity contribution in [3.8, 4) is 11.8 Å². The Bertz CT molecular complexity index is 789. The van der Waals surface area contributed by atoms with Crippen LogP contribution in [0.3, 0.4) is 0 Å². The molecule has 1 heterocycles. The van der Waals surface area contributed by atoms with Crippen molar-refractivity contribution in [3.05, 3.63) is 42.2 Å². The fourth-order valence-corrected chi connectivity index (χ4v) is 2.74. The molecular weight excluding hydrogens is 316 g/mol. The van der Waals surface area contributed by atoms with Gasteiger partial charge in [-0.25, -0.2) is 13.1 Å². The molecule has 122 valence electrons. The van der Waals surface area contributed by atoms with E-state index in [1.807, 2.05) is 19.9 Å². The van der Waals surface area contributed by atoms with Gasteiger partial charge in [-0.3, -0.25) is 4.72 Å². The van der Waals surface area contributed by atoms with Gasteiger partial charge in [0.15, 0.2) is 0 Å². The standard InChI is InChI=1S/C15H18N4O3S/c1-12(2)22-7-8-23(20,21)18-14-3-5-15(6-4-14)19-11-13(9-16)10-17-19/h3-6,10-12,18H,7-8H2,1-2H3. The third-order valence-electron chi connectivity index (χ3n) is 2.92. The number of nitrogens with one attached hydrogen (secondary N) is 1. The molecule has 0 aliphatic rings. The van der Waals surface area contributed by atoms with Crippen molar-refractivity contribution in [2.45, 2.75) is 20.0 Å². The maximum Gasteiger partial charge on any atom is 0.234 e. The van der Waals surface area contributed by atoms with E-state index < -0.39 is 10.0 Å². The first-order valence-corrected chi connectivity index (χ1v) is 8.72. The highest BCUT2D eigenvalue weighted by atomic mass is 32.2. The Labute approximate surface area is 135 Å². The van der Waals surface area contributed by atoms with E-state index in [0.29, 0.717) is 11.3 Å². The van der Waals surface area contributed by atoms with Crippen molar-refractivity contribution in [1.82, 2.24) is 9.78 Å². The van der Waals surface area contributed by atoms with Gasteiger partial charge in [-0.05, 0) is 38.1 Å². The van der Waals surface area contributed by atoms with E-state index in [4.69, 9.17) is 10.00 Å². The molecule has 0 spiro atoms. The highest BCUT2D eigenvalue weighted by Crippen LogP contribution is 2.14. The van der Waals surface area contributed by atoms with Crippen molar-refractivity contribution < 1.29 is 13.2 Å². The van der Waals surface area contributed by atoms with Crippen molar-refractivity contribution in [3.63, 3.8) is 0 Å². The topological polar surface area (TPSA) is 97.0 Å². The Hall–Kier alpha value is -2.37. The number of sulfonamides is 1. The van der Waals surface area contributed by atoms with Crippen LogP contribution < -0.4 is 4.72 Å². The SMILES string of the molecule is CC(C)OCCS(=O)(=O)Nc1ccc(-n2cc(C#N)cn2)cc1. The lowest BCUT2D eigenvalue weighted by molar-refractivity contribution is 0.0913. The molecule has 0 radical (unpaired) electrons. The summed E-state index contributed by atoms with van der Waals surface area (Å²) in [5, 5.41) is 12.8. The van der Waals surface area contributed by atoms with Crippen molar-refractivity contribution in [1.29, 1.82) is 5.26 Å². The summed E-state index contributed by atoms with van der Waals surface area (Å²) in [5.41, 5.74) is 1.66. The number of aromatic nitrogens is 2. The number of nitriles is 1. The zero-order valence-corrected chi connectivity index (χ0v) is 13.7. The molecule has 8 heteroatoms. The second kappa shape index (κ2) is 7.26. The Balaban J connectivity index is 2.01. The fourth-order valence-electron chi connectivity index (χ4n) is 1.83. The summed E-state index contributed by atoms with van der Waals surface area (Å²) < 4.78 is 33.2. The fraction of sp³-hybridized carbons (Fsp3) is 0.333. The van der Waals surface area contributed by atoms with E-state index in [9.17, 15) is 8.42 Å². The maximum atomic E-state index is 11.9.